The van der Waals surface area contributed by atoms with Crippen molar-refractivity contribution < 1.29 is 9.59 Å². The van der Waals surface area contributed by atoms with Crippen LogP contribution in [0.4, 0.5) is 0 Å². The van der Waals surface area contributed by atoms with E-state index in [4.69, 9.17) is 28.9 Å². The number of amides is 2. The van der Waals surface area contributed by atoms with Crippen molar-refractivity contribution in [3.05, 3.63) is 33.8 Å². The minimum atomic E-state index is -0.328. The summed E-state index contributed by atoms with van der Waals surface area (Å²) in [5.41, 5.74) is 6.27. The Hall–Kier alpha value is -1.26. The standard InChI is InChI=1S/C16H20Cl2N2O2/c1-10-2-3-12(16(19)22)9-20(10)15(21)7-5-11-4-6-13(17)8-14(11)18/h4,6,8,10,12H,2-3,5,7,9H2,1H3,(H2,19,22). The van der Waals surface area contributed by atoms with Gasteiger partial charge in [0.2, 0.25) is 11.8 Å². The van der Waals surface area contributed by atoms with Crippen molar-refractivity contribution in [2.24, 2.45) is 11.7 Å². The maximum absolute atomic E-state index is 12.4. The average molecular weight is 343 g/mol. The van der Waals surface area contributed by atoms with E-state index in [0.717, 1.165) is 18.4 Å². The lowest BCUT2D eigenvalue weighted by Gasteiger charge is -2.37. The van der Waals surface area contributed by atoms with E-state index in [1.807, 2.05) is 13.0 Å². The van der Waals surface area contributed by atoms with Gasteiger partial charge in [-0.2, -0.15) is 0 Å². The number of benzene rings is 1. The van der Waals surface area contributed by atoms with Crippen molar-refractivity contribution in [1.82, 2.24) is 4.90 Å². The molecule has 2 amide bonds. The van der Waals surface area contributed by atoms with Gasteiger partial charge in [0.1, 0.15) is 0 Å². The molecular weight excluding hydrogens is 323 g/mol. The van der Waals surface area contributed by atoms with Crippen LogP contribution in [0.15, 0.2) is 18.2 Å². The summed E-state index contributed by atoms with van der Waals surface area (Å²) in [4.78, 5) is 25.5. The number of primary amides is 1. The summed E-state index contributed by atoms with van der Waals surface area (Å²) in [5, 5.41) is 1.15. The normalized spacial score (nSPS) is 21.7. The van der Waals surface area contributed by atoms with Crippen molar-refractivity contribution in [3.63, 3.8) is 0 Å². The lowest BCUT2D eigenvalue weighted by Crippen LogP contribution is -2.48. The third kappa shape index (κ3) is 4.14. The molecule has 2 rings (SSSR count). The van der Waals surface area contributed by atoms with Crippen molar-refractivity contribution in [2.45, 2.75) is 38.6 Å². The first kappa shape index (κ1) is 17.1. The van der Waals surface area contributed by atoms with Gasteiger partial charge < -0.3 is 10.6 Å². The predicted octanol–water partition coefficient (Wildman–Crippen LogP) is 3.04. The Morgan fingerprint density at radius 2 is 2.05 bits per heavy atom. The van der Waals surface area contributed by atoms with Crippen LogP contribution in [0.1, 0.15) is 31.7 Å². The van der Waals surface area contributed by atoms with E-state index >= 15 is 0 Å². The fraction of sp³-hybridized carbons (Fsp3) is 0.500. The second kappa shape index (κ2) is 7.34. The van der Waals surface area contributed by atoms with Crippen LogP contribution in [0.5, 0.6) is 0 Å². The molecule has 120 valence electrons. The summed E-state index contributed by atoms with van der Waals surface area (Å²) in [7, 11) is 0. The van der Waals surface area contributed by atoms with Gasteiger partial charge in [-0.25, -0.2) is 0 Å². The first-order valence-electron chi connectivity index (χ1n) is 7.41. The molecule has 0 bridgehead atoms. The van der Waals surface area contributed by atoms with Gasteiger partial charge in [0, 0.05) is 29.1 Å². The van der Waals surface area contributed by atoms with Crippen LogP contribution in [0.3, 0.4) is 0 Å². The predicted molar refractivity (Wildman–Crippen MR) is 87.9 cm³/mol. The van der Waals surface area contributed by atoms with Crippen molar-refractivity contribution in [1.29, 1.82) is 0 Å². The van der Waals surface area contributed by atoms with Gasteiger partial charge in [0.15, 0.2) is 0 Å². The zero-order valence-corrected chi connectivity index (χ0v) is 14.0. The van der Waals surface area contributed by atoms with E-state index in [9.17, 15) is 9.59 Å². The highest BCUT2D eigenvalue weighted by atomic mass is 35.5. The number of piperidine rings is 1. The molecule has 0 saturated carbocycles. The molecule has 1 aromatic rings. The van der Waals surface area contributed by atoms with E-state index in [2.05, 4.69) is 0 Å². The molecule has 0 aromatic heterocycles. The summed E-state index contributed by atoms with van der Waals surface area (Å²) in [6, 6.07) is 5.42. The Kier molecular flexibility index (Phi) is 5.70. The minimum absolute atomic E-state index is 0.0319. The molecule has 1 saturated heterocycles. The third-order valence-corrected chi connectivity index (χ3v) is 4.82. The second-order valence-electron chi connectivity index (χ2n) is 5.81. The number of nitrogens with zero attached hydrogens (tertiary/aromatic N) is 1. The molecule has 2 unspecified atom stereocenters. The second-order valence-corrected chi connectivity index (χ2v) is 6.65. The van der Waals surface area contributed by atoms with Crippen LogP contribution in [-0.2, 0) is 16.0 Å². The molecule has 1 aromatic carbocycles. The molecule has 0 radical (unpaired) electrons. The molecule has 2 N–H and O–H groups in total. The van der Waals surface area contributed by atoms with Gasteiger partial charge in [-0.3, -0.25) is 9.59 Å². The Morgan fingerprint density at radius 1 is 1.32 bits per heavy atom. The Bertz CT molecular complexity index is 577. The topological polar surface area (TPSA) is 63.4 Å². The number of carbonyl (C=O) groups is 2. The van der Waals surface area contributed by atoms with Crippen LogP contribution in [0.25, 0.3) is 0 Å². The zero-order chi connectivity index (χ0) is 16.3. The molecular formula is C16H20Cl2N2O2. The average Bonchev–Trinajstić information content (AvgIpc) is 2.46. The smallest absolute Gasteiger partial charge is 0.223 e. The molecule has 6 heteroatoms. The highest BCUT2D eigenvalue weighted by molar-refractivity contribution is 6.35. The summed E-state index contributed by atoms with van der Waals surface area (Å²) in [5.74, 6) is -0.533. The fourth-order valence-corrected chi connectivity index (χ4v) is 3.30. The number of rotatable bonds is 4. The number of carbonyl (C=O) groups excluding carboxylic acids is 2. The summed E-state index contributed by atoms with van der Waals surface area (Å²) in [6.45, 7) is 2.42. The molecule has 1 heterocycles. The van der Waals surface area contributed by atoms with Crippen LogP contribution >= 0.6 is 23.2 Å². The van der Waals surface area contributed by atoms with Crippen LogP contribution in [0, 0.1) is 5.92 Å². The summed E-state index contributed by atoms with van der Waals surface area (Å²) in [6.07, 6.45) is 2.47. The van der Waals surface area contributed by atoms with E-state index in [-0.39, 0.29) is 23.8 Å². The van der Waals surface area contributed by atoms with Gasteiger partial charge in [-0.15, -0.1) is 0 Å². The quantitative estimate of drug-likeness (QED) is 0.913. The van der Waals surface area contributed by atoms with Crippen LogP contribution in [-0.4, -0.2) is 29.3 Å². The largest absolute Gasteiger partial charge is 0.369 e. The Balaban J connectivity index is 1.97. The van der Waals surface area contributed by atoms with E-state index < -0.39 is 0 Å². The summed E-state index contributed by atoms with van der Waals surface area (Å²) >= 11 is 12.0. The number of hydrogen-bond acceptors (Lipinski definition) is 2. The third-order valence-electron chi connectivity index (χ3n) is 4.23. The Morgan fingerprint density at radius 3 is 2.68 bits per heavy atom. The molecule has 0 spiro atoms. The van der Waals surface area contributed by atoms with Gasteiger partial charge in [-0.05, 0) is 43.9 Å². The zero-order valence-electron chi connectivity index (χ0n) is 12.5. The number of aryl methyl sites for hydroxylation is 1. The monoisotopic (exact) mass is 342 g/mol. The molecule has 1 aliphatic heterocycles. The highest BCUT2D eigenvalue weighted by Gasteiger charge is 2.31. The first-order chi connectivity index (χ1) is 10.4. The maximum Gasteiger partial charge on any atom is 0.223 e. The van der Waals surface area contributed by atoms with Gasteiger partial charge in [0.25, 0.3) is 0 Å². The number of likely N-dealkylation sites (tertiary alicyclic amines) is 1. The van der Waals surface area contributed by atoms with Gasteiger partial charge in [0.05, 0.1) is 5.92 Å². The minimum Gasteiger partial charge on any atom is -0.369 e. The lowest BCUT2D eigenvalue weighted by molar-refractivity contribution is -0.137. The fourth-order valence-electron chi connectivity index (χ4n) is 2.80. The van der Waals surface area contributed by atoms with Crippen LogP contribution in [0.2, 0.25) is 10.0 Å². The van der Waals surface area contributed by atoms with Crippen LogP contribution < -0.4 is 5.73 Å². The molecule has 0 aliphatic carbocycles. The van der Waals surface area contributed by atoms with Gasteiger partial charge >= 0.3 is 0 Å². The van der Waals surface area contributed by atoms with E-state index in [1.165, 1.54) is 0 Å². The lowest BCUT2D eigenvalue weighted by atomic mass is 9.92. The molecule has 1 aliphatic rings. The Labute approximate surface area is 140 Å². The molecule has 2 atom stereocenters. The number of halogens is 2. The molecule has 4 nitrogen and oxygen atoms in total. The van der Waals surface area contributed by atoms with Crippen molar-refractivity contribution >= 4 is 35.0 Å². The van der Waals surface area contributed by atoms with E-state index in [0.29, 0.717) is 29.4 Å². The van der Waals surface area contributed by atoms with E-state index in [1.54, 1.807) is 17.0 Å². The van der Waals surface area contributed by atoms with Gasteiger partial charge in [-0.1, -0.05) is 29.3 Å². The van der Waals surface area contributed by atoms with Crippen molar-refractivity contribution in [2.75, 3.05) is 6.54 Å². The molecule has 1 fully saturated rings. The molecule has 22 heavy (non-hydrogen) atoms. The number of nitrogens with two attached hydrogens (primary N) is 1. The highest BCUT2D eigenvalue weighted by Crippen LogP contribution is 2.25. The summed E-state index contributed by atoms with van der Waals surface area (Å²) < 4.78 is 0. The van der Waals surface area contributed by atoms with Crippen molar-refractivity contribution in [3.8, 4) is 0 Å². The first-order valence-corrected chi connectivity index (χ1v) is 8.16. The number of hydrogen-bond donors (Lipinski definition) is 1. The maximum atomic E-state index is 12.4. The SMILES string of the molecule is CC1CCC(C(N)=O)CN1C(=O)CCc1ccc(Cl)cc1Cl.